The predicted molar refractivity (Wildman–Crippen MR) is 98.9 cm³/mol. The van der Waals surface area contributed by atoms with E-state index in [0.717, 1.165) is 8.96 Å². The fourth-order valence-electron chi connectivity index (χ4n) is 2.20. The first-order valence-electron chi connectivity index (χ1n) is 6.43. The van der Waals surface area contributed by atoms with Gasteiger partial charge in [0.05, 0.1) is 4.90 Å². The van der Waals surface area contributed by atoms with Gasteiger partial charge in [0.25, 0.3) is 10.0 Å². The lowest BCUT2D eigenvalue weighted by molar-refractivity contribution is 0.602. The molecular weight excluding hydrogens is 433 g/mol. The molecule has 0 bridgehead atoms. The van der Waals surface area contributed by atoms with E-state index in [9.17, 15) is 8.42 Å². The van der Waals surface area contributed by atoms with E-state index in [2.05, 4.69) is 27.3 Å². The lowest BCUT2D eigenvalue weighted by Crippen LogP contribution is -2.13. The predicted octanol–water partition coefficient (Wildman–Crippen LogP) is 4.90. The highest BCUT2D eigenvalue weighted by molar-refractivity contribution is 14.1. The summed E-state index contributed by atoms with van der Waals surface area (Å²) in [5.74, 6) is 0. The Kier molecular flexibility index (Phi) is 4.29. The van der Waals surface area contributed by atoms with Gasteiger partial charge in [0.15, 0.2) is 0 Å². The molecule has 0 heterocycles. The van der Waals surface area contributed by atoms with Crippen LogP contribution >= 0.6 is 34.2 Å². The van der Waals surface area contributed by atoms with Gasteiger partial charge in [0, 0.05) is 25.1 Å². The van der Waals surface area contributed by atoms with Crippen LogP contribution in [-0.2, 0) is 10.0 Å². The van der Waals surface area contributed by atoms with Crippen molar-refractivity contribution in [3.05, 3.63) is 69.3 Å². The number of nitrogens with one attached hydrogen (secondary N) is 1. The zero-order valence-electron chi connectivity index (χ0n) is 11.3. The first-order chi connectivity index (χ1) is 10.5. The summed E-state index contributed by atoms with van der Waals surface area (Å²) in [6, 6.07) is 17.5. The molecule has 0 aliphatic rings. The third-order valence-corrected chi connectivity index (χ3v) is 5.71. The summed E-state index contributed by atoms with van der Waals surface area (Å²) in [5, 5.41) is 1.85. The molecule has 3 nitrogen and oxygen atoms in total. The van der Waals surface area contributed by atoms with E-state index in [-0.39, 0.29) is 4.90 Å². The Labute approximate surface area is 147 Å². The number of benzene rings is 3. The Morgan fingerprint density at radius 1 is 0.864 bits per heavy atom. The topological polar surface area (TPSA) is 46.2 Å². The molecule has 0 fully saturated rings. The minimum absolute atomic E-state index is 0.214. The maximum absolute atomic E-state index is 12.7. The van der Waals surface area contributed by atoms with E-state index < -0.39 is 10.0 Å². The maximum Gasteiger partial charge on any atom is 0.262 e. The van der Waals surface area contributed by atoms with Crippen LogP contribution in [0.2, 0.25) is 5.02 Å². The van der Waals surface area contributed by atoms with Gasteiger partial charge >= 0.3 is 0 Å². The average molecular weight is 444 g/mol. The first kappa shape index (κ1) is 15.6. The van der Waals surface area contributed by atoms with Crippen molar-refractivity contribution in [2.45, 2.75) is 4.90 Å². The molecule has 0 aromatic heterocycles. The average Bonchev–Trinajstić information content (AvgIpc) is 2.50. The smallest absolute Gasteiger partial charge is 0.262 e. The van der Waals surface area contributed by atoms with Gasteiger partial charge in [-0.25, -0.2) is 8.42 Å². The number of sulfonamides is 1. The number of hydrogen-bond donors (Lipinski definition) is 1. The van der Waals surface area contributed by atoms with E-state index in [1.807, 2.05) is 24.3 Å². The van der Waals surface area contributed by atoms with Gasteiger partial charge in [-0.3, -0.25) is 4.72 Å². The van der Waals surface area contributed by atoms with Crippen LogP contribution in [0.5, 0.6) is 0 Å². The minimum Gasteiger partial charge on any atom is -0.280 e. The number of fused-ring (bicyclic) bond motifs is 1. The van der Waals surface area contributed by atoms with Crippen molar-refractivity contribution in [3.8, 4) is 0 Å². The molecule has 112 valence electrons. The molecule has 3 rings (SSSR count). The summed E-state index contributed by atoms with van der Waals surface area (Å²) in [4.78, 5) is 0.214. The summed E-state index contributed by atoms with van der Waals surface area (Å²) in [7, 11) is -3.68. The summed E-state index contributed by atoms with van der Waals surface area (Å²) < 4.78 is 28.9. The van der Waals surface area contributed by atoms with Crippen molar-refractivity contribution in [1.82, 2.24) is 0 Å². The SMILES string of the molecule is O=S(=O)(Nc1ccc(I)cc1)c1ccc(Cl)c2ccccc12. The first-order valence-corrected chi connectivity index (χ1v) is 9.37. The van der Waals surface area contributed by atoms with Crippen molar-refractivity contribution in [1.29, 1.82) is 0 Å². The molecule has 0 spiro atoms. The molecule has 0 aliphatic heterocycles. The van der Waals surface area contributed by atoms with Gasteiger partial charge in [0.2, 0.25) is 0 Å². The molecule has 0 amide bonds. The zero-order chi connectivity index (χ0) is 15.7. The molecule has 3 aromatic rings. The van der Waals surface area contributed by atoms with Gasteiger partial charge in [-0.15, -0.1) is 0 Å². The fraction of sp³-hybridized carbons (Fsp3) is 0. The Balaban J connectivity index is 2.10. The summed E-state index contributed by atoms with van der Waals surface area (Å²) in [5.41, 5.74) is 0.527. The second-order valence-electron chi connectivity index (χ2n) is 4.70. The number of rotatable bonds is 3. The standard InChI is InChI=1S/C16H11ClINO2S/c17-15-9-10-16(14-4-2-1-3-13(14)15)22(20,21)19-12-7-5-11(18)6-8-12/h1-10,19H. The Hall–Kier alpha value is -1.31. The van der Waals surface area contributed by atoms with E-state index in [1.165, 1.54) is 6.07 Å². The lowest BCUT2D eigenvalue weighted by Gasteiger charge is -2.11. The number of anilines is 1. The molecule has 6 heteroatoms. The maximum atomic E-state index is 12.7. The monoisotopic (exact) mass is 443 g/mol. The molecule has 0 unspecified atom stereocenters. The molecule has 3 aromatic carbocycles. The largest absolute Gasteiger partial charge is 0.280 e. The van der Waals surface area contributed by atoms with Crippen LogP contribution < -0.4 is 4.72 Å². The van der Waals surface area contributed by atoms with Crippen LogP contribution in [0.3, 0.4) is 0 Å². The van der Waals surface area contributed by atoms with Gasteiger partial charge < -0.3 is 0 Å². The second kappa shape index (κ2) is 6.06. The molecular formula is C16H11ClINO2S. The molecule has 0 saturated heterocycles. The van der Waals surface area contributed by atoms with Crippen molar-refractivity contribution >= 4 is 60.7 Å². The highest BCUT2D eigenvalue weighted by atomic mass is 127. The summed E-state index contributed by atoms with van der Waals surface area (Å²) >= 11 is 8.31. The molecule has 0 radical (unpaired) electrons. The Morgan fingerprint density at radius 3 is 2.18 bits per heavy atom. The van der Waals surface area contributed by atoms with Crippen LogP contribution in [0.25, 0.3) is 10.8 Å². The Bertz CT molecular complexity index is 940. The van der Waals surface area contributed by atoms with E-state index in [0.29, 0.717) is 16.1 Å². The summed E-state index contributed by atoms with van der Waals surface area (Å²) in [6.45, 7) is 0. The quantitative estimate of drug-likeness (QED) is 0.585. The van der Waals surface area contributed by atoms with Gasteiger partial charge in [0.1, 0.15) is 0 Å². The lowest BCUT2D eigenvalue weighted by atomic mass is 10.1. The third-order valence-electron chi connectivity index (χ3n) is 3.22. The normalized spacial score (nSPS) is 11.5. The highest BCUT2D eigenvalue weighted by Gasteiger charge is 2.18. The van der Waals surface area contributed by atoms with Gasteiger partial charge in [-0.2, -0.15) is 0 Å². The highest BCUT2D eigenvalue weighted by Crippen LogP contribution is 2.30. The van der Waals surface area contributed by atoms with Crippen LogP contribution in [-0.4, -0.2) is 8.42 Å². The van der Waals surface area contributed by atoms with Crippen molar-refractivity contribution < 1.29 is 8.42 Å². The summed E-state index contributed by atoms with van der Waals surface area (Å²) in [6.07, 6.45) is 0. The zero-order valence-corrected chi connectivity index (χ0v) is 15.0. The van der Waals surface area contributed by atoms with Crippen LogP contribution in [0.1, 0.15) is 0 Å². The van der Waals surface area contributed by atoms with Crippen molar-refractivity contribution in [3.63, 3.8) is 0 Å². The van der Waals surface area contributed by atoms with Gasteiger partial charge in [-0.05, 0) is 59.0 Å². The minimum atomic E-state index is -3.68. The number of hydrogen-bond acceptors (Lipinski definition) is 2. The molecule has 0 saturated carbocycles. The molecule has 0 aliphatic carbocycles. The van der Waals surface area contributed by atoms with E-state index >= 15 is 0 Å². The fourth-order valence-corrected chi connectivity index (χ4v) is 4.06. The van der Waals surface area contributed by atoms with Crippen LogP contribution in [0.15, 0.2) is 65.6 Å². The van der Waals surface area contributed by atoms with E-state index in [1.54, 1.807) is 30.3 Å². The van der Waals surface area contributed by atoms with Crippen molar-refractivity contribution in [2.24, 2.45) is 0 Å². The van der Waals surface area contributed by atoms with Crippen LogP contribution in [0.4, 0.5) is 5.69 Å². The molecule has 22 heavy (non-hydrogen) atoms. The molecule has 0 atom stereocenters. The third kappa shape index (κ3) is 3.06. The van der Waals surface area contributed by atoms with E-state index in [4.69, 9.17) is 11.6 Å². The van der Waals surface area contributed by atoms with Crippen molar-refractivity contribution in [2.75, 3.05) is 4.72 Å². The van der Waals surface area contributed by atoms with Gasteiger partial charge in [-0.1, -0.05) is 35.9 Å². The second-order valence-corrected chi connectivity index (χ2v) is 8.01. The van der Waals surface area contributed by atoms with Crippen LogP contribution in [0, 0.1) is 3.57 Å². The molecule has 1 N–H and O–H groups in total. The Morgan fingerprint density at radius 2 is 1.50 bits per heavy atom. The number of halogens is 2.